The van der Waals surface area contributed by atoms with Crippen molar-refractivity contribution >= 4 is 69.8 Å². The Morgan fingerprint density at radius 1 is 1.00 bits per heavy atom. The minimum atomic E-state index is -0.928. The Labute approximate surface area is 263 Å². The number of nitrogens with zero attached hydrogens (tertiary/aromatic N) is 1. The fourth-order valence-corrected chi connectivity index (χ4v) is 4.69. The standard InChI is InChI=1S/C28H34Cl2IN3O7/c1-6-38-24-12-18(11-21(31)26(24)40-15-25(35)39-7-2)14-32-34-28(37)22(10-16(3)4)33-27(36)17(5)41-23-9-8-19(29)13-20(23)30/h8-9,11-14,16-17,22H,6-7,10,15H2,1-5H3,(H,33,36)(H,34,37)/b32-14-/t17-,22+/m1/s1. The third kappa shape index (κ3) is 11.6. The second-order valence-electron chi connectivity index (χ2n) is 9.12. The summed E-state index contributed by atoms with van der Waals surface area (Å²) < 4.78 is 22.5. The molecule has 0 aromatic heterocycles. The van der Waals surface area contributed by atoms with Gasteiger partial charge in [-0.1, -0.05) is 37.0 Å². The van der Waals surface area contributed by atoms with Crippen LogP contribution in [0.25, 0.3) is 0 Å². The van der Waals surface area contributed by atoms with Crippen LogP contribution in [-0.2, 0) is 19.1 Å². The first-order valence-electron chi connectivity index (χ1n) is 12.9. The molecular formula is C28H34Cl2IN3O7. The highest BCUT2D eigenvalue weighted by molar-refractivity contribution is 14.1. The number of nitrogens with one attached hydrogen (secondary N) is 2. The number of carbonyl (C=O) groups excluding carboxylic acids is 3. The average Bonchev–Trinajstić information content (AvgIpc) is 2.89. The summed E-state index contributed by atoms with van der Waals surface area (Å²) in [6, 6.07) is 7.26. The van der Waals surface area contributed by atoms with Crippen LogP contribution in [-0.4, -0.2) is 56.0 Å². The Hall–Kier alpha value is -2.77. The molecule has 0 bridgehead atoms. The molecule has 2 amide bonds. The van der Waals surface area contributed by atoms with Crippen LogP contribution in [0.15, 0.2) is 35.4 Å². The zero-order chi connectivity index (χ0) is 30.5. The van der Waals surface area contributed by atoms with E-state index in [0.717, 1.165) is 0 Å². The van der Waals surface area contributed by atoms with Gasteiger partial charge in [0.1, 0.15) is 11.8 Å². The number of hydrazone groups is 1. The number of hydrogen-bond donors (Lipinski definition) is 2. The number of ether oxygens (including phenoxy) is 4. The van der Waals surface area contributed by atoms with Gasteiger partial charge in [-0.25, -0.2) is 10.2 Å². The minimum Gasteiger partial charge on any atom is -0.490 e. The molecule has 10 nitrogen and oxygen atoms in total. The molecule has 13 heteroatoms. The zero-order valence-corrected chi connectivity index (χ0v) is 27.1. The second kappa shape index (κ2) is 17.2. The summed E-state index contributed by atoms with van der Waals surface area (Å²) in [6.45, 7) is 9.33. The van der Waals surface area contributed by atoms with Crippen LogP contribution in [0.5, 0.6) is 17.2 Å². The fraction of sp³-hybridized carbons (Fsp3) is 0.429. The summed E-state index contributed by atoms with van der Waals surface area (Å²) in [6.07, 6.45) is 0.893. The average molecular weight is 722 g/mol. The van der Waals surface area contributed by atoms with Crippen molar-refractivity contribution in [3.8, 4) is 17.2 Å². The molecule has 0 spiro atoms. The predicted molar refractivity (Wildman–Crippen MR) is 166 cm³/mol. The highest BCUT2D eigenvalue weighted by Crippen LogP contribution is 2.34. The third-order valence-corrected chi connectivity index (χ3v) is 6.60. The molecule has 41 heavy (non-hydrogen) atoms. The molecule has 2 rings (SSSR count). The predicted octanol–water partition coefficient (Wildman–Crippen LogP) is 5.39. The topological polar surface area (TPSA) is 125 Å². The number of hydrogen-bond acceptors (Lipinski definition) is 8. The Morgan fingerprint density at radius 2 is 1.73 bits per heavy atom. The molecule has 0 aliphatic carbocycles. The van der Waals surface area contributed by atoms with Gasteiger partial charge < -0.3 is 24.3 Å². The van der Waals surface area contributed by atoms with E-state index in [0.29, 0.717) is 44.4 Å². The first kappa shape index (κ1) is 34.4. The number of esters is 1. The maximum Gasteiger partial charge on any atom is 0.344 e. The Kier molecular flexibility index (Phi) is 14.5. The molecule has 0 fully saturated rings. The Morgan fingerprint density at radius 3 is 2.37 bits per heavy atom. The van der Waals surface area contributed by atoms with Gasteiger partial charge in [-0.3, -0.25) is 9.59 Å². The van der Waals surface area contributed by atoms with Crippen molar-refractivity contribution in [3.05, 3.63) is 49.5 Å². The first-order chi connectivity index (χ1) is 19.4. The number of amides is 2. The van der Waals surface area contributed by atoms with Crippen molar-refractivity contribution in [2.45, 2.75) is 53.2 Å². The summed E-state index contributed by atoms with van der Waals surface area (Å²) in [7, 11) is 0. The van der Waals surface area contributed by atoms with Gasteiger partial charge in [0.25, 0.3) is 11.8 Å². The van der Waals surface area contributed by atoms with Crippen molar-refractivity contribution in [2.24, 2.45) is 11.0 Å². The van der Waals surface area contributed by atoms with Gasteiger partial charge in [0.15, 0.2) is 24.2 Å². The lowest BCUT2D eigenvalue weighted by Crippen LogP contribution is -2.49. The van der Waals surface area contributed by atoms with Crippen LogP contribution in [0.4, 0.5) is 0 Å². The maximum atomic E-state index is 13.0. The summed E-state index contributed by atoms with van der Waals surface area (Å²) >= 11 is 14.1. The quantitative estimate of drug-likeness (QED) is 0.109. The molecule has 2 atom stereocenters. The summed E-state index contributed by atoms with van der Waals surface area (Å²) in [5.74, 6) is -0.254. The van der Waals surface area contributed by atoms with E-state index >= 15 is 0 Å². The van der Waals surface area contributed by atoms with Gasteiger partial charge in [-0.2, -0.15) is 5.10 Å². The molecule has 224 valence electrons. The first-order valence-corrected chi connectivity index (χ1v) is 14.8. The lowest BCUT2D eigenvalue weighted by atomic mass is 10.0. The number of halogens is 3. The van der Waals surface area contributed by atoms with Crippen LogP contribution in [0.1, 0.15) is 46.6 Å². The van der Waals surface area contributed by atoms with Crippen molar-refractivity contribution in [2.75, 3.05) is 19.8 Å². The van der Waals surface area contributed by atoms with Crippen molar-refractivity contribution in [1.29, 1.82) is 0 Å². The van der Waals surface area contributed by atoms with Gasteiger partial charge in [0, 0.05) is 5.02 Å². The molecule has 0 unspecified atom stereocenters. The second-order valence-corrected chi connectivity index (χ2v) is 11.1. The monoisotopic (exact) mass is 721 g/mol. The van der Waals surface area contributed by atoms with Crippen LogP contribution in [0, 0.1) is 9.49 Å². The van der Waals surface area contributed by atoms with E-state index in [2.05, 4.69) is 38.4 Å². The van der Waals surface area contributed by atoms with Crippen LogP contribution < -0.4 is 25.0 Å². The van der Waals surface area contributed by atoms with Gasteiger partial charge in [0.05, 0.1) is 28.0 Å². The minimum absolute atomic E-state index is 0.106. The molecule has 0 radical (unpaired) electrons. The molecule has 0 saturated carbocycles. The molecular weight excluding hydrogens is 688 g/mol. The largest absolute Gasteiger partial charge is 0.490 e. The van der Waals surface area contributed by atoms with E-state index in [4.69, 9.17) is 42.1 Å². The van der Waals surface area contributed by atoms with Crippen LogP contribution in [0.3, 0.4) is 0 Å². The van der Waals surface area contributed by atoms with Gasteiger partial charge in [0.2, 0.25) is 0 Å². The fourth-order valence-electron chi connectivity index (χ4n) is 3.45. The van der Waals surface area contributed by atoms with Gasteiger partial charge in [-0.05, 0) is 91.6 Å². The molecule has 0 aliphatic heterocycles. The lowest BCUT2D eigenvalue weighted by molar-refractivity contribution is -0.145. The summed E-state index contributed by atoms with van der Waals surface area (Å²) in [4.78, 5) is 37.5. The van der Waals surface area contributed by atoms with E-state index < -0.39 is 29.9 Å². The van der Waals surface area contributed by atoms with Crippen molar-refractivity contribution in [1.82, 2.24) is 10.7 Å². The molecule has 2 aromatic rings. The normalized spacial score (nSPS) is 12.5. The van der Waals surface area contributed by atoms with Crippen LogP contribution in [0.2, 0.25) is 10.0 Å². The maximum absolute atomic E-state index is 13.0. The Bertz CT molecular complexity index is 1240. The van der Waals surface area contributed by atoms with Gasteiger partial charge >= 0.3 is 5.97 Å². The summed E-state index contributed by atoms with van der Waals surface area (Å²) in [5.41, 5.74) is 3.11. The van der Waals surface area contributed by atoms with E-state index in [1.165, 1.54) is 12.3 Å². The smallest absolute Gasteiger partial charge is 0.344 e. The number of carbonyl (C=O) groups is 3. The molecule has 0 heterocycles. The number of benzene rings is 2. The number of rotatable bonds is 15. The van der Waals surface area contributed by atoms with E-state index in [9.17, 15) is 14.4 Å². The van der Waals surface area contributed by atoms with Crippen molar-refractivity contribution < 1.29 is 33.3 Å². The highest BCUT2D eigenvalue weighted by Gasteiger charge is 2.25. The van der Waals surface area contributed by atoms with Gasteiger partial charge in [-0.15, -0.1) is 0 Å². The zero-order valence-electron chi connectivity index (χ0n) is 23.5. The van der Waals surface area contributed by atoms with Crippen LogP contribution >= 0.6 is 45.8 Å². The van der Waals surface area contributed by atoms with E-state index in [-0.39, 0.29) is 24.2 Å². The highest BCUT2D eigenvalue weighted by atomic mass is 127. The molecule has 0 saturated heterocycles. The van der Waals surface area contributed by atoms with Crippen molar-refractivity contribution in [3.63, 3.8) is 0 Å². The lowest BCUT2D eigenvalue weighted by Gasteiger charge is -2.22. The van der Waals surface area contributed by atoms with E-state index in [1.54, 1.807) is 38.1 Å². The molecule has 0 aliphatic rings. The molecule has 2 aromatic carbocycles. The molecule has 2 N–H and O–H groups in total. The summed E-state index contributed by atoms with van der Waals surface area (Å²) in [5, 5.41) is 7.50. The Balaban J connectivity index is 2.09. The van der Waals surface area contributed by atoms with E-state index in [1.807, 2.05) is 20.8 Å². The third-order valence-electron chi connectivity index (χ3n) is 5.27. The SMILES string of the molecule is CCOC(=O)COc1c(I)cc(/C=N\NC(=O)[C@H](CC(C)C)NC(=O)[C@@H](C)Oc2ccc(Cl)cc2Cl)cc1OCC.